The molecule has 1 aromatic carbocycles. The molecule has 2 rings (SSSR count). The zero-order valence-electron chi connectivity index (χ0n) is 17.1. The number of nitrogens with zero attached hydrogens (tertiary/aromatic N) is 2. The lowest BCUT2D eigenvalue weighted by Gasteiger charge is -2.13. The highest BCUT2D eigenvalue weighted by atomic mass is 32.2. The number of sulfone groups is 1. The van der Waals surface area contributed by atoms with Gasteiger partial charge in [0.15, 0.2) is 15.8 Å². The topological polar surface area (TPSA) is 113 Å². The normalized spacial score (nSPS) is 11.8. The van der Waals surface area contributed by atoms with E-state index < -0.39 is 9.84 Å². The summed E-state index contributed by atoms with van der Waals surface area (Å²) >= 11 is 0. The molecular formula is C20H27N5O3S. The highest BCUT2D eigenvalue weighted by Gasteiger charge is 2.11. The summed E-state index contributed by atoms with van der Waals surface area (Å²) in [5.41, 5.74) is 2.66. The number of aryl methyl sites for hydroxylation is 2. The molecule has 0 aliphatic carbocycles. The Bertz CT molecular complexity index is 986. The Morgan fingerprint density at radius 3 is 2.48 bits per heavy atom. The summed E-state index contributed by atoms with van der Waals surface area (Å²) in [7, 11) is -1.59. The number of pyridine rings is 1. The molecule has 0 spiro atoms. The first kappa shape index (κ1) is 22.4. The molecule has 0 unspecified atom stereocenters. The van der Waals surface area contributed by atoms with Gasteiger partial charge in [-0.25, -0.2) is 13.4 Å². The molecule has 0 bridgehead atoms. The van der Waals surface area contributed by atoms with Crippen molar-refractivity contribution in [3.8, 4) is 0 Å². The number of amides is 1. The molecule has 0 atom stereocenters. The van der Waals surface area contributed by atoms with Crippen molar-refractivity contribution in [3.05, 3.63) is 53.2 Å². The second kappa shape index (κ2) is 10.0. The third-order valence-electron chi connectivity index (χ3n) is 4.15. The molecular weight excluding hydrogens is 390 g/mol. The van der Waals surface area contributed by atoms with Crippen LogP contribution in [0.25, 0.3) is 0 Å². The Kier molecular flexibility index (Phi) is 7.72. The molecule has 0 aliphatic heterocycles. The average molecular weight is 418 g/mol. The smallest absolute Gasteiger partial charge is 0.227 e. The van der Waals surface area contributed by atoms with Crippen LogP contribution < -0.4 is 16.0 Å². The van der Waals surface area contributed by atoms with Crippen LogP contribution in [0.2, 0.25) is 0 Å². The van der Waals surface area contributed by atoms with E-state index in [9.17, 15) is 13.2 Å². The van der Waals surface area contributed by atoms with Crippen molar-refractivity contribution in [2.24, 2.45) is 4.99 Å². The predicted octanol–water partition coefficient (Wildman–Crippen LogP) is 1.80. The zero-order valence-corrected chi connectivity index (χ0v) is 17.9. The maximum absolute atomic E-state index is 12.0. The van der Waals surface area contributed by atoms with Crippen molar-refractivity contribution in [2.45, 2.75) is 31.7 Å². The quantitative estimate of drug-likeness (QED) is 0.468. The standard InChI is InChI=1S/C20H27N5O3S/c1-14-5-8-18(23-12-14)25-19(26)9-10-22-20(21-3)24-13-16-6-7-17(15(2)11-16)29(4,27)28/h5-8,11-12H,9-10,13H2,1-4H3,(H2,21,22,24)(H,23,25,26). The largest absolute Gasteiger partial charge is 0.356 e. The molecule has 0 fully saturated rings. The van der Waals surface area contributed by atoms with Crippen molar-refractivity contribution in [3.63, 3.8) is 0 Å². The highest BCUT2D eigenvalue weighted by Crippen LogP contribution is 2.16. The molecule has 1 heterocycles. The summed E-state index contributed by atoms with van der Waals surface area (Å²) < 4.78 is 23.4. The molecule has 156 valence electrons. The number of carbonyl (C=O) groups is 1. The Morgan fingerprint density at radius 2 is 1.90 bits per heavy atom. The van der Waals surface area contributed by atoms with Crippen LogP contribution in [0.1, 0.15) is 23.1 Å². The van der Waals surface area contributed by atoms with Crippen molar-refractivity contribution in [1.29, 1.82) is 0 Å². The third kappa shape index (κ3) is 7.19. The number of aliphatic imine (C=N–C) groups is 1. The number of anilines is 1. The second-order valence-corrected chi connectivity index (χ2v) is 8.73. The summed E-state index contributed by atoms with van der Waals surface area (Å²) in [4.78, 5) is 20.6. The first-order chi connectivity index (χ1) is 13.7. The van der Waals surface area contributed by atoms with Crippen molar-refractivity contribution in [1.82, 2.24) is 15.6 Å². The summed E-state index contributed by atoms with van der Waals surface area (Å²) in [6, 6.07) is 8.86. The van der Waals surface area contributed by atoms with Crippen LogP contribution in [0.4, 0.5) is 5.82 Å². The minimum atomic E-state index is -3.23. The van der Waals surface area contributed by atoms with E-state index in [2.05, 4.69) is 25.9 Å². The van der Waals surface area contributed by atoms with Gasteiger partial charge in [-0.1, -0.05) is 18.2 Å². The van der Waals surface area contributed by atoms with E-state index in [0.717, 1.165) is 11.1 Å². The molecule has 0 aliphatic rings. The van der Waals surface area contributed by atoms with E-state index in [1.165, 1.54) is 6.26 Å². The molecule has 9 heteroatoms. The van der Waals surface area contributed by atoms with Gasteiger partial charge in [0.1, 0.15) is 5.82 Å². The first-order valence-electron chi connectivity index (χ1n) is 9.15. The number of guanidine groups is 1. The van der Waals surface area contributed by atoms with Gasteiger partial charge >= 0.3 is 0 Å². The molecule has 0 radical (unpaired) electrons. The number of rotatable bonds is 7. The SMILES string of the molecule is CN=C(NCCC(=O)Nc1ccc(C)cn1)NCc1ccc(S(C)(=O)=O)c(C)c1. The molecule has 0 saturated carbocycles. The summed E-state index contributed by atoms with van der Waals surface area (Å²) in [6.07, 6.45) is 3.16. The van der Waals surface area contributed by atoms with Gasteiger partial charge < -0.3 is 16.0 Å². The summed E-state index contributed by atoms with van der Waals surface area (Å²) in [6.45, 7) is 4.59. The van der Waals surface area contributed by atoms with E-state index >= 15 is 0 Å². The van der Waals surface area contributed by atoms with Crippen LogP contribution in [0.3, 0.4) is 0 Å². The van der Waals surface area contributed by atoms with Gasteiger partial charge in [-0.2, -0.15) is 0 Å². The van der Waals surface area contributed by atoms with Gasteiger partial charge in [0.25, 0.3) is 0 Å². The summed E-state index contributed by atoms with van der Waals surface area (Å²) in [5, 5.41) is 8.97. The van der Waals surface area contributed by atoms with Crippen LogP contribution in [0.15, 0.2) is 46.4 Å². The van der Waals surface area contributed by atoms with Gasteiger partial charge in [-0.15, -0.1) is 0 Å². The average Bonchev–Trinajstić information content (AvgIpc) is 2.65. The Balaban J connectivity index is 1.80. The molecule has 29 heavy (non-hydrogen) atoms. The predicted molar refractivity (Wildman–Crippen MR) is 115 cm³/mol. The van der Waals surface area contributed by atoms with Crippen LogP contribution in [-0.4, -0.2) is 45.1 Å². The minimum absolute atomic E-state index is 0.142. The van der Waals surface area contributed by atoms with Gasteiger partial charge in [0.2, 0.25) is 5.91 Å². The van der Waals surface area contributed by atoms with Crippen LogP contribution in [0.5, 0.6) is 0 Å². The Labute approximate surface area is 171 Å². The first-order valence-corrected chi connectivity index (χ1v) is 11.0. The number of aromatic nitrogens is 1. The fourth-order valence-electron chi connectivity index (χ4n) is 2.69. The van der Waals surface area contributed by atoms with Gasteiger partial charge in [0, 0.05) is 39.0 Å². The fourth-order valence-corrected chi connectivity index (χ4v) is 3.64. The van der Waals surface area contributed by atoms with Crippen LogP contribution in [0, 0.1) is 13.8 Å². The van der Waals surface area contributed by atoms with Gasteiger partial charge in [-0.05, 0) is 42.7 Å². The minimum Gasteiger partial charge on any atom is -0.356 e. The van der Waals surface area contributed by atoms with E-state index in [-0.39, 0.29) is 12.3 Å². The molecule has 1 amide bonds. The number of hydrogen-bond donors (Lipinski definition) is 3. The van der Waals surface area contributed by atoms with Crippen LogP contribution >= 0.6 is 0 Å². The molecule has 8 nitrogen and oxygen atoms in total. The molecule has 0 saturated heterocycles. The monoisotopic (exact) mass is 417 g/mol. The Morgan fingerprint density at radius 1 is 1.14 bits per heavy atom. The Hall–Kier alpha value is -2.94. The highest BCUT2D eigenvalue weighted by molar-refractivity contribution is 7.90. The summed E-state index contributed by atoms with van der Waals surface area (Å²) in [5.74, 6) is 0.934. The number of benzene rings is 1. The van der Waals surface area contributed by atoms with Crippen LogP contribution in [-0.2, 0) is 21.2 Å². The van der Waals surface area contributed by atoms with E-state index in [0.29, 0.717) is 35.3 Å². The lowest BCUT2D eigenvalue weighted by atomic mass is 10.1. The number of nitrogens with one attached hydrogen (secondary N) is 3. The maximum Gasteiger partial charge on any atom is 0.227 e. The lowest BCUT2D eigenvalue weighted by Crippen LogP contribution is -2.38. The maximum atomic E-state index is 12.0. The number of hydrogen-bond acceptors (Lipinski definition) is 5. The third-order valence-corrected chi connectivity index (χ3v) is 5.40. The molecule has 2 aromatic rings. The number of carbonyl (C=O) groups excluding carboxylic acids is 1. The van der Waals surface area contributed by atoms with E-state index in [1.807, 2.05) is 19.1 Å². The molecule has 1 aromatic heterocycles. The molecule has 3 N–H and O–H groups in total. The van der Waals surface area contributed by atoms with E-state index in [1.54, 1.807) is 38.4 Å². The lowest BCUT2D eigenvalue weighted by molar-refractivity contribution is -0.116. The van der Waals surface area contributed by atoms with Gasteiger partial charge in [-0.3, -0.25) is 9.79 Å². The second-order valence-electron chi connectivity index (χ2n) is 6.74. The van der Waals surface area contributed by atoms with E-state index in [4.69, 9.17) is 0 Å². The van der Waals surface area contributed by atoms with Gasteiger partial charge in [0.05, 0.1) is 4.90 Å². The zero-order chi connectivity index (χ0) is 21.4. The fraction of sp³-hybridized carbons (Fsp3) is 0.350. The van der Waals surface area contributed by atoms with Crippen molar-refractivity contribution < 1.29 is 13.2 Å². The van der Waals surface area contributed by atoms with Crippen molar-refractivity contribution in [2.75, 3.05) is 25.2 Å². The van der Waals surface area contributed by atoms with Crippen molar-refractivity contribution >= 4 is 27.5 Å².